The van der Waals surface area contributed by atoms with E-state index in [4.69, 9.17) is 4.74 Å². The number of rotatable bonds is 1. The van der Waals surface area contributed by atoms with Crippen LogP contribution in [0.2, 0.25) is 0 Å². The number of aldehydes is 1. The maximum Gasteiger partial charge on any atom is 0.135 e. The molecule has 2 atom stereocenters. The van der Waals surface area contributed by atoms with Crippen LogP contribution in [-0.2, 0) is 9.53 Å². The molecular weight excluding hydrogens is 160 g/mol. The molecule has 0 aromatic heterocycles. The van der Waals surface area contributed by atoms with Gasteiger partial charge in [-0.15, -0.1) is 11.8 Å². The van der Waals surface area contributed by atoms with E-state index in [9.17, 15) is 4.79 Å². The number of hydrogen-bond acceptors (Lipinski definition) is 3. The van der Waals surface area contributed by atoms with Gasteiger partial charge in [-0.2, -0.15) is 0 Å². The smallest absolute Gasteiger partial charge is 0.135 e. The third-order valence-corrected chi connectivity index (χ3v) is 3.26. The van der Waals surface area contributed by atoms with Gasteiger partial charge >= 0.3 is 0 Å². The van der Waals surface area contributed by atoms with Gasteiger partial charge in [0.1, 0.15) is 11.7 Å². The molecule has 1 heterocycles. The van der Waals surface area contributed by atoms with E-state index in [2.05, 4.69) is 20.8 Å². The van der Waals surface area contributed by atoms with Crippen LogP contribution in [0.25, 0.3) is 0 Å². The van der Waals surface area contributed by atoms with Crippen LogP contribution in [0, 0.1) is 5.41 Å². The molecule has 0 amide bonds. The second-order valence-corrected chi connectivity index (χ2v) is 5.15. The summed E-state index contributed by atoms with van der Waals surface area (Å²) in [5.41, 5.74) is 0.320. The minimum absolute atomic E-state index is 0.0548. The van der Waals surface area contributed by atoms with E-state index in [1.165, 1.54) is 0 Å². The normalized spacial score (nSPS) is 32.3. The molecule has 1 aliphatic rings. The third-order valence-electron chi connectivity index (χ3n) is 1.57. The molecule has 1 fully saturated rings. The lowest BCUT2D eigenvalue weighted by molar-refractivity contribution is -0.108. The number of hydrogen-bond donors (Lipinski definition) is 0. The molecule has 0 spiro atoms. The zero-order chi connectivity index (χ0) is 8.48. The number of thioether (sulfide) groups is 1. The fourth-order valence-electron chi connectivity index (χ4n) is 0.945. The van der Waals surface area contributed by atoms with Gasteiger partial charge in [0.2, 0.25) is 0 Å². The maximum atomic E-state index is 10.4. The summed E-state index contributed by atoms with van der Waals surface area (Å²) < 4.78 is 5.45. The first-order valence-corrected chi connectivity index (χ1v) is 4.70. The van der Waals surface area contributed by atoms with Crippen molar-refractivity contribution in [2.24, 2.45) is 5.41 Å². The van der Waals surface area contributed by atoms with E-state index in [0.29, 0.717) is 6.61 Å². The first kappa shape index (κ1) is 9.07. The lowest BCUT2D eigenvalue weighted by Gasteiger charge is -2.24. The zero-order valence-electron chi connectivity index (χ0n) is 7.16. The lowest BCUT2D eigenvalue weighted by Crippen LogP contribution is -2.22. The van der Waals surface area contributed by atoms with Crippen molar-refractivity contribution >= 4 is 18.0 Å². The van der Waals surface area contributed by atoms with Gasteiger partial charge in [-0.05, 0) is 5.41 Å². The van der Waals surface area contributed by atoms with E-state index in [1.54, 1.807) is 11.8 Å². The number of carbonyl (C=O) groups is 1. The topological polar surface area (TPSA) is 26.3 Å². The summed E-state index contributed by atoms with van der Waals surface area (Å²) in [6, 6.07) is 0. The molecule has 2 unspecified atom stereocenters. The second kappa shape index (κ2) is 3.15. The monoisotopic (exact) mass is 174 g/mol. The highest BCUT2D eigenvalue weighted by Gasteiger charge is 2.34. The van der Waals surface area contributed by atoms with Crippen molar-refractivity contribution in [3.63, 3.8) is 0 Å². The average molecular weight is 174 g/mol. The summed E-state index contributed by atoms with van der Waals surface area (Å²) in [7, 11) is 0. The Hall–Kier alpha value is -0.0200. The molecule has 1 saturated heterocycles. The zero-order valence-corrected chi connectivity index (χ0v) is 7.98. The van der Waals surface area contributed by atoms with Crippen molar-refractivity contribution < 1.29 is 9.53 Å². The van der Waals surface area contributed by atoms with Gasteiger partial charge in [0, 0.05) is 0 Å². The minimum atomic E-state index is 0.0548. The Morgan fingerprint density at radius 2 is 2.18 bits per heavy atom. The SMILES string of the molecule is CC(C)(C)C1OCC(C=O)S1. The summed E-state index contributed by atoms with van der Waals surface area (Å²) in [6.45, 7) is 6.95. The van der Waals surface area contributed by atoms with Crippen LogP contribution in [0.15, 0.2) is 0 Å². The van der Waals surface area contributed by atoms with Crippen LogP contribution in [0.5, 0.6) is 0 Å². The Labute approximate surface area is 71.7 Å². The molecule has 0 saturated carbocycles. The maximum absolute atomic E-state index is 10.4. The average Bonchev–Trinajstić information content (AvgIpc) is 2.32. The fourth-order valence-corrected chi connectivity index (χ4v) is 2.05. The Morgan fingerprint density at radius 3 is 2.45 bits per heavy atom. The summed E-state index contributed by atoms with van der Waals surface area (Å²) in [4.78, 5) is 10.4. The molecule has 64 valence electrons. The summed E-state index contributed by atoms with van der Waals surface area (Å²) in [5, 5.41) is 0.0548. The molecule has 0 radical (unpaired) electrons. The predicted molar refractivity (Wildman–Crippen MR) is 46.6 cm³/mol. The van der Waals surface area contributed by atoms with Crippen LogP contribution >= 0.6 is 11.8 Å². The van der Waals surface area contributed by atoms with Crippen molar-refractivity contribution in [1.29, 1.82) is 0 Å². The van der Waals surface area contributed by atoms with Gasteiger partial charge < -0.3 is 9.53 Å². The van der Waals surface area contributed by atoms with Gasteiger partial charge in [0.15, 0.2) is 0 Å². The summed E-state index contributed by atoms with van der Waals surface area (Å²) >= 11 is 1.63. The van der Waals surface area contributed by atoms with E-state index >= 15 is 0 Å². The number of carbonyl (C=O) groups excluding carboxylic acids is 1. The highest BCUT2D eigenvalue weighted by molar-refractivity contribution is 8.01. The molecule has 0 aliphatic carbocycles. The van der Waals surface area contributed by atoms with Crippen molar-refractivity contribution in [3.8, 4) is 0 Å². The van der Waals surface area contributed by atoms with Crippen LogP contribution < -0.4 is 0 Å². The molecule has 0 aromatic carbocycles. The van der Waals surface area contributed by atoms with E-state index < -0.39 is 0 Å². The Bertz CT molecular complexity index is 151. The van der Waals surface area contributed by atoms with Gasteiger partial charge in [-0.25, -0.2) is 0 Å². The molecule has 1 rings (SSSR count). The van der Waals surface area contributed by atoms with Gasteiger partial charge in [-0.3, -0.25) is 0 Å². The summed E-state index contributed by atoms with van der Waals surface area (Å²) in [5.74, 6) is 0. The van der Waals surface area contributed by atoms with Crippen LogP contribution in [0.3, 0.4) is 0 Å². The Kier molecular flexibility index (Phi) is 2.60. The predicted octanol–water partition coefficient (Wildman–Crippen LogP) is 1.69. The largest absolute Gasteiger partial charge is 0.365 e. The van der Waals surface area contributed by atoms with Gasteiger partial charge in [0.25, 0.3) is 0 Å². The van der Waals surface area contributed by atoms with Crippen molar-refractivity contribution in [2.45, 2.75) is 31.5 Å². The molecule has 0 bridgehead atoms. The van der Waals surface area contributed by atoms with Gasteiger partial charge in [-0.1, -0.05) is 20.8 Å². The standard InChI is InChI=1S/C8H14O2S/c1-8(2,3)7-10-5-6(4-9)11-7/h4,6-7H,5H2,1-3H3. The Balaban J connectivity index is 2.48. The molecule has 11 heavy (non-hydrogen) atoms. The highest BCUT2D eigenvalue weighted by Crippen LogP contribution is 2.38. The molecule has 0 N–H and O–H groups in total. The minimum Gasteiger partial charge on any atom is -0.365 e. The van der Waals surface area contributed by atoms with E-state index in [-0.39, 0.29) is 16.1 Å². The van der Waals surface area contributed by atoms with Crippen molar-refractivity contribution in [2.75, 3.05) is 6.61 Å². The lowest BCUT2D eigenvalue weighted by atomic mass is 9.98. The first-order valence-electron chi connectivity index (χ1n) is 3.76. The van der Waals surface area contributed by atoms with Crippen molar-refractivity contribution in [1.82, 2.24) is 0 Å². The molecule has 1 aliphatic heterocycles. The van der Waals surface area contributed by atoms with Crippen LogP contribution in [0.4, 0.5) is 0 Å². The first-order chi connectivity index (χ1) is 5.04. The fraction of sp³-hybridized carbons (Fsp3) is 0.875. The Morgan fingerprint density at radius 1 is 1.55 bits per heavy atom. The van der Waals surface area contributed by atoms with Crippen LogP contribution in [0.1, 0.15) is 20.8 Å². The third kappa shape index (κ3) is 2.20. The second-order valence-electron chi connectivity index (χ2n) is 3.84. The molecule has 0 aromatic rings. The molecule has 2 nitrogen and oxygen atoms in total. The van der Waals surface area contributed by atoms with E-state index in [1.807, 2.05) is 0 Å². The summed E-state index contributed by atoms with van der Waals surface area (Å²) in [6.07, 6.45) is 0.969. The van der Waals surface area contributed by atoms with E-state index in [0.717, 1.165) is 6.29 Å². The molecular formula is C8H14O2S. The highest BCUT2D eigenvalue weighted by atomic mass is 32.2. The number of ether oxygens (including phenoxy) is 1. The quantitative estimate of drug-likeness (QED) is 0.566. The van der Waals surface area contributed by atoms with Crippen molar-refractivity contribution in [3.05, 3.63) is 0 Å². The van der Waals surface area contributed by atoms with Gasteiger partial charge in [0.05, 0.1) is 11.9 Å². The molecule has 3 heteroatoms. The van der Waals surface area contributed by atoms with Crippen LogP contribution in [-0.4, -0.2) is 23.6 Å².